The van der Waals surface area contributed by atoms with Crippen LogP contribution in [0.5, 0.6) is 0 Å². The number of carbonyl (C=O) groups excluding carboxylic acids is 3. The van der Waals surface area contributed by atoms with Gasteiger partial charge < -0.3 is 14.2 Å². The molecule has 0 heterocycles. The molecule has 0 spiro atoms. The molecule has 6 nitrogen and oxygen atoms in total. The molecule has 0 aliphatic carbocycles. The Morgan fingerprint density at radius 1 is 0.286 bits per heavy atom. The van der Waals surface area contributed by atoms with Crippen molar-refractivity contribution in [2.45, 2.75) is 341 Å². The Labute approximate surface area is 435 Å². The van der Waals surface area contributed by atoms with Gasteiger partial charge in [0.05, 0.1) is 0 Å². The number of rotatable bonds is 57. The van der Waals surface area contributed by atoms with Gasteiger partial charge in [0.15, 0.2) is 6.10 Å². The Balaban J connectivity index is 4.27. The third kappa shape index (κ3) is 56.5. The number of carbonyl (C=O) groups is 3. The zero-order chi connectivity index (χ0) is 50.7. The molecule has 0 bridgehead atoms. The number of hydrogen-bond donors (Lipinski definition) is 0. The summed E-state index contributed by atoms with van der Waals surface area (Å²) in [4.78, 5) is 38.2. The van der Waals surface area contributed by atoms with Gasteiger partial charge in [-0.3, -0.25) is 14.4 Å². The largest absolute Gasteiger partial charge is 0.462 e. The van der Waals surface area contributed by atoms with Gasteiger partial charge in [0.2, 0.25) is 0 Å². The summed E-state index contributed by atoms with van der Waals surface area (Å²) in [5, 5.41) is 0. The maximum Gasteiger partial charge on any atom is 0.306 e. The molecule has 1 unspecified atom stereocenters. The van der Waals surface area contributed by atoms with Crippen LogP contribution in [0.15, 0.2) is 36.5 Å². The zero-order valence-corrected chi connectivity index (χ0v) is 47.1. The molecule has 0 fully saturated rings. The Bertz CT molecular complexity index is 1170. The van der Waals surface area contributed by atoms with Gasteiger partial charge in [-0.1, -0.05) is 276 Å². The molecular weight excluding hydrogens is 865 g/mol. The fraction of sp³-hybridized carbons (Fsp3) is 0.859. The predicted octanol–water partition coefficient (Wildman–Crippen LogP) is 20.8. The highest BCUT2D eigenvalue weighted by molar-refractivity contribution is 5.71. The van der Waals surface area contributed by atoms with Crippen LogP contribution in [-0.2, 0) is 28.6 Å². The number of unbranched alkanes of at least 4 members (excludes halogenated alkanes) is 40. The van der Waals surface area contributed by atoms with Crippen LogP contribution < -0.4 is 0 Å². The van der Waals surface area contributed by atoms with Crippen molar-refractivity contribution in [1.82, 2.24) is 0 Å². The van der Waals surface area contributed by atoms with Gasteiger partial charge in [-0.05, 0) is 77.0 Å². The Morgan fingerprint density at radius 2 is 0.514 bits per heavy atom. The van der Waals surface area contributed by atoms with E-state index in [1.54, 1.807) is 0 Å². The average molecular weight is 984 g/mol. The Hall–Kier alpha value is -2.37. The van der Waals surface area contributed by atoms with Crippen LogP contribution in [0.4, 0.5) is 0 Å². The molecular formula is C64H118O6. The minimum Gasteiger partial charge on any atom is -0.462 e. The van der Waals surface area contributed by atoms with Crippen molar-refractivity contribution < 1.29 is 28.6 Å². The van der Waals surface area contributed by atoms with E-state index in [9.17, 15) is 14.4 Å². The first-order valence-corrected chi connectivity index (χ1v) is 31.0. The summed E-state index contributed by atoms with van der Waals surface area (Å²) in [7, 11) is 0. The van der Waals surface area contributed by atoms with Crippen molar-refractivity contribution in [2.24, 2.45) is 0 Å². The van der Waals surface area contributed by atoms with E-state index < -0.39 is 6.10 Å². The molecule has 0 N–H and O–H groups in total. The van der Waals surface area contributed by atoms with Gasteiger partial charge >= 0.3 is 17.9 Å². The lowest BCUT2D eigenvalue weighted by atomic mass is 10.0. The summed E-state index contributed by atoms with van der Waals surface area (Å²) < 4.78 is 16.9. The second kappa shape index (κ2) is 59.2. The van der Waals surface area contributed by atoms with E-state index in [-0.39, 0.29) is 31.1 Å². The fourth-order valence-electron chi connectivity index (χ4n) is 9.18. The molecule has 1 atom stereocenters. The fourth-order valence-corrected chi connectivity index (χ4v) is 9.18. The van der Waals surface area contributed by atoms with Gasteiger partial charge in [-0.15, -0.1) is 0 Å². The van der Waals surface area contributed by atoms with Gasteiger partial charge in [-0.25, -0.2) is 0 Å². The highest BCUT2D eigenvalue weighted by Gasteiger charge is 2.19. The Morgan fingerprint density at radius 3 is 0.843 bits per heavy atom. The van der Waals surface area contributed by atoms with E-state index in [1.807, 2.05) is 0 Å². The van der Waals surface area contributed by atoms with E-state index >= 15 is 0 Å². The highest BCUT2D eigenvalue weighted by atomic mass is 16.6. The quantitative estimate of drug-likeness (QED) is 0.0261. The van der Waals surface area contributed by atoms with Crippen LogP contribution in [-0.4, -0.2) is 37.2 Å². The summed E-state index contributed by atoms with van der Waals surface area (Å²) in [6.07, 6.45) is 71.5. The molecule has 0 aromatic carbocycles. The minimum absolute atomic E-state index is 0.0742. The summed E-state index contributed by atoms with van der Waals surface area (Å²) in [6.45, 7) is 6.64. The van der Waals surface area contributed by atoms with E-state index in [0.29, 0.717) is 19.3 Å². The standard InChI is InChI=1S/C64H118O6/c1-4-7-10-13-16-19-22-25-27-29-31-32-33-34-36-37-39-42-45-48-51-54-57-63(66)69-60-61(59-68-62(65)56-53-50-47-44-41-24-21-18-15-12-9-6-3)70-64(67)58-55-52-49-46-43-40-38-35-30-28-26-23-20-17-14-11-8-5-2/h18,20-21,23,28,30,61H,4-17,19,22,24-27,29,31-60H2,1-3H3/b21-18-,23-20-,30-28-. The van der Waals surface area contributed by atoms with Crippen LogP contribution in [0, 0.1) is 0 Å². The number of ether oxygens (including phenoxy) is 3. The smallest absolute Gasteiger partial charge is 0.306 e. The maximum absolute atomic E-state index is 12.9. The van der Waals surface area contributed by atoms with Crippen LogP contribution in [0.2, 0.25) is 0 Å². The lowest BCUT2D eigenvalue weighted by molar-refractivity contribution is -0.167. The molecule has 0 aromatic rings. The first-order valence-electron chi connectivity index (χ1n) is 31.0. The van der Waals surface area contributed by atoms with Crippen LogP contribution in [0.3, 0.4) is 0 Å². The van der Waals surface area contributed by atoms with Crippen molar-refractivity contribution in [2.75, 3.05) is 13.2 Å². The molecule has 0 aliphatic rings. The van der Waals surface area contributed by atoms with Crippen molar-refractivity contribution in [1.29, 1.82) is 0 Å². The normalized spacial score (nSPS) is 12.2. The second-order valence-electron chi connectivity index (χ2n) is 21.0. The Kier molecular flexibility index (Phi) is 57.2. The average Bonchev–Trinajstić information content (AvgIpc) is 3.36. The van der Waals surface area contributed by atoms with Crippen molar-refractivity contribution in [3.8, 4) is 0 Å². The zero-order valence-electron chi connectivity index (χ0n) is 47.1. The molecule has 0 aliphatic heterocycles. The molecule has 0 saturated carbocycles. The van der Waals surface area contributed by atoms with Gasteiger partial charge in [-0.2, -0.15) is 0 Å². The third-order valence-electron chi connectivity index (χ3n) is 13.9. The molecule has 6 heteroatoms. The monoisotopic (exact) mass is 983 g/mol. The van der Waals surface area contributed by atoms with E-state index in [2.05, 4.69) is 57.2 Å². The molecule has 0 amide bonds. The lowest BCUT2D eigenvalue weighted by Gasteiger charge is -2.18. The minimum atomic E-state index is -0.777. The molecule has 70 heavy (non-hydrogen) atoms. The molecule has 0 aromatic heterocycles. The maximum atomic E-state index is 12.9. The third-order valence-corrected chi connectivity index (χ3v) is 13.9. The topological polar surface area (TPSA) is 78.9 Å². The van der Waals surface area contributed by atoms with Gasteiger partial charge in [0, 0.05) is 19.3 Å². The highest BCUT2D eigenvalue weighted by Crippen LogP contribution is 2.17. The van der Waals surface area contributed by atoms with Crippen molar-refractivity contribution >= 4 is 17.9 Å². The molecule has 410 valence electrons. The van der Waals surface area contributed by atoms with Crippen LogP contribution >= 0.6 is 0 Å². The van der Waals surface area contributed by atoms with E-state index in [4.69, 9.17) is 14.2 Å². The molecule has 0 saturated heterocycles. The number of esters is 3. The van der Waals surface area contributed by atoms with Crippen LogP contribution in [0.1, 0.15) is 335 Å². The lowest BCUT2D eigenvalue weighted by Crippen LogP contribution is -2.30. The van der Waals surface area contributed by atoms with Crippen molar-refractivity contribution in [3.05, 3.63) is 36.5 Å². The molecule has 0 radical (unpaired) electrons. The van der Waals surface area contributed by atoms with Crippen LogP contribution in [0.25, 0.3) is 0 Å². The summed E-state index contributed by atoms with van der Waals surface area (Å²) in [6, 6.07) is 0. The SMILES string of the molecule is CCCCC/C=C\CCCCCCCC(=O)OCC(COC(=O)CCCCCCCCCCCCCCCCCCCCCCCC)OC(=O)CCCCCCCCC/C=C\C/C=C\CCCCCC. The van der Waals surface area contributed by atoms with Crippen molar-refractivity contribution in [3.63, 3.8) is 0 Å². The molecule has 0 rings (SSSR count). The number of hydrogen-bond acceptors (Lipinski definition) is 6. The first kappa shape index (κ1) is 67.6. The predicted molar refractivity (Wildman–Crippen MR) is 302 cm³/mol. The summed E-state index contributed by atoms with van der Waals surface area (Å²) in [5.74, 6) is -0.872. The van der Waals surface area contributed by atoms with Gasteiger partial charge in [0.1, 0.15) is 13.2 Å². The summed E-state index contributed by atoms with van der Waals surface area (Å²) in [5.41, 5.74) is 0. The van der Waals surface area contributed by atoms with Gasteiger partial charge in [0.25, 0.3) is 0 Å². The number of allylic oxidation sites excluding steroid dienone is 6. The van der Waals surface area contributed by atoms with E-state index in [0.717, 1.165) is 77.0 Å². The first-order chi connectivity index (χ1) is 34.5. The summed E-state index contributed by atoms with van der Waals surface area (Å²) >= 11 is 0. The second-order valence-corrected chi connectivity index (χ2v) is 21.0. The van der Waals surface area contributed by atoms with E-state index in [1.165, 1.54) is 218 Å².